The molecule has 2 aliphatic rings. The lowest BCUT2D eigenvalue weighted by Gasteiger charge is -2.19. The van der Waals surface area contributed by atoms with Crippen molar-refractivity contribution in [2.45, 2.75) is 19.8 Å². The minimum absolute atomic E-state index is 0.603. The lowest BCUT2D eigenvalue weighted by Crippen LogP contribution is -2.15. The van der Waals surface area contributed by atoms with Crippen molar-refractivity contribution in [1.82, 2.24) is 9.78 Å². The van der Waals surface area contributed by atoms with Gasteiger partial charge >= 0.3 is 0 Å². The van der Waals surface area contributed by atoms with Crippen LogP contribution in [0.5, 0.6) is 11.5 Å². The highest BCUT2D eigenvalue weighted by molar-refractivity contribution is 5.59. The molecule has 1 aromatic carbocycles. The highest BCUT2D eigenvalue weighted by Gasteiger charge is 2.23. The zero-order valence-corrected chi connectivity index (χ0v) is 11.5. The molecule has 0 radical (unpaired) electrons. The van der Waals surface area contributed by atoms with Gasteiger partial charge in [-0.3, -0.25) is 0 Å². The maximum Gasteiger partial charge on any atom is 0.163 e. The van der Waals surface area contributed by atoms with Gasteiger partial charge in [0.1, 0.15) is 19.0 Å². The second kappa shape index (κ2) is 4.44. The Kier molecular flexibility index (Phi) is 2.58. The summed E-state index contributed by atoms with van der Waals surface area (Å²) in [5.41, 5.74) is 3.54. The molecule has 4 rings (SSSR count). The average molecular weight is 271 g/mol. The van der Waals surface area contributed by atoms with E-state index in [1.165, 1.54) is 11.3 Å². The zero-order chi connectivity index (χ0) is 13.5. The molecule has 5 heteroatoms. The molecule has 0 atom stereocenters. The lowest BCUT2D eigenvalue weighted by molar-refractivity contribution is 0.171. The SMILES string of the molecule is CCc1nn(-c2ccc3c(c2)OCCO3)c2c1CCN2. The third kappa shape index (κ3) is 1.66. The van der Waals surface area contributed by atoms with Crippen LogP contribution in [0.3, 0.4) is 0 Å². The van der Waals surface area contributed by atoms with Gasteiger partial charge in [0, 0.05) is 18.2 Å². The topological polar surface area (TPSA) is 48.3 Å². The van der Waals surface area contributed by atoms with Crippen LogP contribution in [0.25, 0.3) is 5.69 Å². The molecule has 0 amide bonds. The van der Waals surface area contributed by atoms with E-state index in [-0.39, 0.29) is 0 Å². The van der Waals surface area contributed by atoms with Gasteiger partial charge in [-0.25, -0.2) is 4.68 Å². The number of ether oxygens (including phenoxy) is 2. The van der Waals surface area contributed by atoms with E-state index in [9.17, 15) is 0 Å². The van der Waals surface area contributed by atoms with E-state index in [0.29, 0.717) is 13.2 Å². The van der Waals surface area contributed by atoms with Crippen molar-refractivity contribution in [2.75, 3.05) is 25.1 Å². The Balaban J connectivity index is 1.81. The van der Waals surface area contributed by atoms with E-state index < -0.39 is 0 Å². The Labute approximate surface area is 117 Å². The highest BCUT2D eigenvalue weighted by atomic mass is 16.6. The molecule has 104 valence electrons. The Morgan fingerprint density at radius 3 is 2.95 bits per heavy atom. The van der Waals surface area contributed by atoms with E-state index in [1.54, 1.807) is 0 Å². The maximum atomic E-state index is 5.65. The van der Waals surface area contributed by atoms with E-state index in [2.05, 4.69) is 12.2 Å². The maximum absolute atomic E-state index is 5.65. The van der Waals surface area contributed by atoms with Crippen molar-refractivity contribution < 1.29 is 9.47 Å². The van der Waals surface area contributed by atoms with Crippen LogP contribution in [0, 0.1) is 0 Å². The summed E-state index contributed by atoms with van der Waals surface area (Å²) in [6.07, 6.45) is 2.02. The molecule has 0 spiro atoms. The Morgan fingerprint density at radius 1 is 1.25 bits per heavy atom. The second-order valence-corrected chi connectivity index (χ2v) is 5.04. The first-order chi connectivity index (χ1) is 9.86. The summed E-state index contributed by atoms with van der Waals surface area (Å²) in [6, 6.07) is 5.99. The first kappa shape index (κ1) is 11.6. The molecular formula is C15H17N3O2. The Hall–Kier alpha value is -2.17. The second-order valence-electron chi connectivity index (χ2n) is 5.04. The number of nitrogens with zero attached hydrogens (tertiary/aromatic N) is 2. The molecule has 0 saturated heterocycles. The molecule has 2 aliphatic heterocycles. The molecule has 0 bridgehead atoms. The molecule has 0 fully saturated rings. The van der Waals surface area contributed by atoms with Crippen LogP contribution in [0.2, 0.25) is 0 Å². The van der Waals surface area contributed by atoms with Gasteiger partial charge in [-0.05, 0) is 25.0 Å². The quantitative estimate of drug-likeness (QED) is 0.909. The minimum Gasteiger partial charge on any atom is -0.486 e. The van der Waals surface area contributed by atoms with Gasteiger partial charge in [0.15, 0.2) is 11.5 Å². The van der Waals surface area contributed by atoms with Crippen molar-refractivity contribution in [2.24, 2.45) is 0 Å². The molecule has 0 unspecified atom stereocenters. The number of aromatic nitrogens is 2. The van der Waals surface area contributed by atoms with Crippen molar-refractivity contribution in [3.8, 4) is 17.2 Å². The van der Waals surface area contributed by atoms with Crippen molar-refractivity contribution in [3.63, 3.8) is 0 Å². The first-order valence-corrected chi connectivity index (χ1v) is 7.11. The predicted molar refractivity (Wildman–Crippen MR) is 76.1 cm³/mol. The van der Waals surface area contributed by atoms with Gasteiger partial charge in [-0.1, -0.05) is 6.92 Å². The molecule has 3 heterocycles. The van der Waals surface area contributed by atoms with E-state index in [4.69, 9.17) is 14.6 Å². The monoisotopic (exact) mass is 271 g/mol. The number of hydrogen-bond donors (Lipinski definition) is 1. The van der Waals surface area contributed by atoms with Crippen molar-refractivity contribution in [1.29, 1.82) is 0 Å². The van der Waals surface area contributed by atoms with Crippen LogP contribution in [-0.2, 0) is 12.8 Å². The van der Waals surface area contributed by atoms with Gasteiger partial charge in [-0.15, -0.1) is 0 Å². The predicted octanol–water partition coefficient (Wildman–Crippen LogP) is 2.17. The zero-order valence-electron chi connectivity index (χ0n) is 11.5. The summed E-state index contributed by atoms with van der Waals surface area (Å²) >= 11 is 0. The number of fused-ring (bicyclic) bond motifs is 2. The number of anilines is 1. The molecule has 20 heavy (non-hydrogen) atoms. The molecule has 2 aromatic rings. The van der Waals surface area contributed by atoms with Crippen LogP contribution < -0.4 is 14.8 Å². The van der Waals surface area contributed by atoms with Gasteiger partial charge in [0.2, 0.25) is 0 Å². The van der Waals surface area contributed by atoms with E-state index in [1.807, 2.05) is 22.9 Å². The van der Waals surface area contributed by atoms with Crippen LogP contribution in [0.1, 0.15) is 18.2 Å². The smallest absolute Gasteiger partial charge is 0.163 e. The normalized spacial score (nSPS) is 15.8. The van der Waals surface area contributed by atoms with Crippen molar-refractivity contribution in [3.05, 3.63) is 29.5 Å². The van der Waals surface area contributed by atoms with Gasteiger partial charge < -0.3 is 14.8 Å². The Bertz CT molecular complexity index is 663. The van der Waals surface area contributed by atoms with E-state index in [0.717, 1.165) is 42.4 Å². The van der Waals surface area contributed by atoms with Crippen LogP contribution in [0.15, 0.2) is 18.2 Å². The molecule has 1 aromatic heterocycles. The summed E-state index contributed by atoms with van der Waals surface area (Å²) in [6.45, 7) is 4.36. The molecule has 5 nitrogen and oxygen atoms in total. The van der Waals surface area contributed by atoms with Gasteiger partial charge in [0.25, 0.3) is 0 Å². The molecule has 1 N–H and O–H groups in total. The summed E-state index contributed by atoms with van der Waals surface area (Å²) in [5.74, 6) is 2.74. The molecule has 0 saturated carbocycles. The molecular weight excluding hydrogens is 254 g/mol. The van der Waals surface area contributed by atoms with Crippen LogP contribution in [-0.4, -0.2) is 29.5 Å². The first-order valence-electron chi connectivity index (χ1n) is 7.11. The standard InChI is InChI=1S/C15H17N3O2/c1-2-12-11-5-6-16-15(11)18(17-12)10-3-4-13-14(9-10)20-8-7-19-13/h3-4,9,16H,2,5-8H2,1H3. The number of benzene rings is 1. The number of rotatable bonds is 2. The number of hydrogen-bond acceptors (Lipinski definition) is 4. The number of nitrogens with one attached hydrogen (secondary N) is 1. The fraction of sp³-hybridized carbons (Fsp3) is 0.400. The Morgan fingerprint density at radius 2 is 2.10 bits per heavy atom. The van der Waals surface area contributed by atoms with Gasteiger partial charge in [-0.2, -0.15) is 5.10 Å². The average Bonchev–Trinajstić information content (AvgIpc) is 3.08. The largest absolute Gasteiger partial charge is 0.486 e. The minimum atomic E-state index is 0.603. The fourth-order valence-corrected chi connectivity index (χ4v) is 2.88. The van der Waals surface area contributed by atoms with Gasteiger partial charge in [0.05, 0.1) is 11.4 Å². The van der Waals surface area contributed by atoms with Crippen molar-refractivity contribution >= 4 is 5.82 Å². The lowest BCUT2D eigenvalue weighted by atomic mass is 10.2. The number of aryl methyl sites for hydroxylation is 1. The fourth-order valence-electron chi connectivity index (χ4n) is 2.88. The van der Waals surface area contributed by atoms with Crippen LogP contribution >= 0.6 is 0 Å². The summed E-state index contributed by atoms with van der Waals surface area (Å²) in [4.78, 5) is 0. The third-order valence-corrected chi connectivity index (χ3v) is 3.84. The summed E-state index contributed by atoms with van der Waals surface area (Å²) in [5, 5.41) is 8.16. The highest BCUT2D eigenvalue weighted by Crippen LogP contribution is 2.35. The van der Waals surface area contributed by atoms with E-state index >= 15 is 0 Å². The summed E-state index contributed by atoms with van der Waals surface area (Å²) < 4.78 is 13.2. The third-order valence-electron chi connectivity index (χ3n) is 3.84. The molecule has 0 aliphatic carbocycles. The summed E-state index contributed by atoms with van der Waals surface area (Å²) in [7, 11) is 0. The van der Waals surface area contributed by atoms with Crippen LogP contribution in [0.4, 0.5) is 5.82 Å².